The number of thiophene rings is 1. The molecule has 2 amide bonds. The molecule has 0 bridgehead atoms. The molecule has 7 nitrogen and oxygen atoms in total. The second-order valence-electron chi connectivity index (χ2n) is 5.19. The number of pyridine rings is 1. The summed E-state index contributed by atoms with van der Waals surface area (Å²) in [6, 6.07) is 6.96. The molecule has 0 saturated heterocycles. The number of hydrogen-bond acceptors (Lipinski definition) is 7. The van der Waals surface area contributed by atoms with Gasteiger partial charge in [0, 0.05) is 0 Å². The lowest BCUT2D eigenvalue weighted by Crippen LogP contribution is -2.23. The van der Waals surface area contributed by atoms with Crippen LogP contribution >= 0.6 is 34.4 Å². The first-order valence-corrected chi connectivity index (χ1v) is 10.1. The fourth-order valence-corrected chi connectivity index (χ4v) is 4.68. The van der Waals surface area contributed by atoms with Gasteiger partial charge in [-0.15, -0.1) is 23.1 Å². The van der Waals surface area contributed by atoms with E-state index in [2.05, 4.69) is 15.3 Å². The number of nitrogens with zero attached hydrogens (tertiary/aromatic N) is 1. The molecule has 4 N–H and O–H groups in total. The van der Waals surface area contributed by atoms with Crippen molar-refractivity contribution in [1.82, 2.24) is 9.97 Å². The summed E-state index contributed by atoms with van der Waals surface area (Å²) in [7, 11) is 0. The average molecular weight is 407 g/mol. The van der Waals surface area contributed by atoms with Gasteiger partial charge < -0.3 is 10.7 Å². The minimum absolute atomic E-state index is 0.00417. The standard InChI is InChI=1S/C16H14N4O3S3/c1-8-15(25-7-12(17)21)26-16(18-8)20-14(23)9-4-5-10(19-13(9)22)11-3-2-6-24-11/h2-6H,7H2,1H3,(H2,17,21)(H,19,22)(H,18,20,23). The topological polar surface area (TPSA) is 118 Å². The van der Waals surface area contributed by atoms with Crippen LogP contribution < -0.4 is 16.6 Å². The SMILES string of the molecule is Cc1nc(NC(=O)c2ccc(-c3cccs3)[nH]c2=O)sc1SCC(N)=O. The molecule has 0 radical (unpaired) electrons. The van der Waals surface area contributed by atoms with E-state index >= 15 is 0 Å². The number of aryl methyl sites for hydroxylation is 1. The highest BCUT2D eigenvalue weighted by Crippen LogP contribution is 2.32. The van der Waals surface area contributed by atoms with Crippen LogP contribution in [0, 0.1) is 6.92 Å². The van der Waals surface area contributed by atoms with E-state index in [9.17, 15) is 14.4 Å². The molecule has 0 saturated carbocycles. The number of carbonyl (C=O) groups is 2. The number of H-pyrrole nitrogens is 1. The van der Waals surface area contributed by atoms with Crippen LogP contribution in [0.4, 0.5) is 5.13 Å². The van der Waals surface area contributed by atoms with Crippen molar-refractivity contribution in [2.45, 2.75) is 11.1 Å². The minimum Gasteiger partial charge on any atom is -0.369 e. The lowest BCUT2D eigenvalue weighted by Gasteiger charge is -2.02. The molecule has 0 aromatic carbocycles. The molecule has 0 fully saturated rings. The number of carbonyl (C=O) groups excluding carboxylic acids is 2. The fraction of sp³-hybridized carbons (Fsp3) is 0.125. The molecular formula is C16H14N4O3S3. The highest BCUT2D eigenvalue weighted by atomic mass is 32.2. The number of hydrogen-bond donors (Lipinski definition) is 3. The van der Waals surface area contributed by atoms with E-state index in [1.54, 1.807) is 13.0 Å². The van der Waals surface area contributed by atoms with E-state index in [4.69, 9.17) is 5.73 Å². The molecular weight excluding hydrogens is 392 g/mol. The van der Waals surface area contributed by atoms with Crippen molar-refractivity contribution in [1.29, 1.82) is 0 Å². The number of aromatic nitrogens is 2. The zero-order valence-electron chi connectivity index (χ0n) is 13.6. The van der Waals surface area contributed by atoms with Gasteiger partial charge in [-0.1, -0.05) is 17.4 Å². The van der Waals surface area contributed by atoms with Crippen molar-refractivity contribution in [3.8, 4) is 10.6 Å². The first-order chi connectivity index (χ1) is 12.4. The summed E-state index contributed by atoms with van der Waals surface area (Å²) in [4.78, 5) is 43.4. The number of thioether (sulfide) groups is 1. The van der Waals surface area contributed by atoms with Gasteiger partial charge in [-0.05, 0) is 30.5 Å². The van der Waals surface area contributed by atoms with Gasteiger partial charge >= 0.3 is 0 Å². The van der Waals surface area contributed by atoms with Crippen molar-refractivity contribution >= 4 is 51.4 Å². The third-order valence-corrected chi connectivity index (χ3v) is 6.62. The van der Waals surface area contributed by atoms with Gasteiger partial charge in [0.15, 0.2) is 5.13 Å². The highest BCUT2D eigenvalue weighted by Gasteiger charge is 2.16. The van der Waals surface area contributed by atoms with Crippen LogP contribution in [0.3, 0.4) is 0 Å². The number of nitrogens with one attached hydrogen (secondary N) is 2. The molecule has 26 heavy (non-hydrogen) atoms. The molecule has 134 valence electrons. The van der Waals surface area contributed by atoms with Gasteiger partial charge in [0.05, 0.1) is 26.2 Å². The predicted octanol–water partition coefficient (Wildman–Crippen LogP) is 2.70. The largest absolute Gasteiger partial charge is 0.369 e. The van der Waals surface area contributed by atoms with E-state index in [0.717, 1.165) is 9.09 Å². The van der Waals surface area contributed by atoms with Crippen LogP contribution in [-0.2, 0) is 4.79 Å². The van der Waals surface area contributed by atoms with Crippen LogP contribution in [-0.4, -0.2) is 27.5 Å². The molecule has 0 spiro atoms. The Hall–Kier alpha value is -2.43. The van der Waals surface area contributed by atoms with E-state index in [-0.39, 0.29) is 11.3 Å². The number of amides is 2. The molecule has 0 aliphatic rings. The summed E-state index contributed by atoms with van der Waals surface area (Å²) < 4.78 is 0.793. The molecule has 3 heterocycles. The van der Waals surface area contributed by atoms with Crippen LogP contribution in [0.1, 0.15) is 16.1 Å². The van der Waals surface area contributed by atoms with Crippen molar-refractivity contribution < 1.29 is 9.59 Å². The summed E-state index contributed by atoms with van der Waals surface area (Å²) in [5, 5.41) is 4.90. The van der Waals surface area contributed by atoms with Crippen molar-refractivity contribution in [2.75, 3.05) is 11.1 Å². The number of aromatic amines is 1. The van der Waals surface area contributed by atoms with Crippen LogP contribution in [0.5, 0.6) is 0 Å². The fourth-order valence-electron chi connectivity index (χ4n) is 2.10. The maximum atomic E-state index is 12.4. The van der Waals surface area contributed by atoms with Gasteiger partial charge in [-0.3, -0.25) is 19.7 Å². The quantitative estimate of drug-likeness (QED) is 0.544. The minimum atomic E-state index is -0.538. The molecule has 10 heteroatoms. The summed E-state index contributed by atoms with van der Waals surface area (Å²) in [5.74, 6) is -0.824. The summed E-state index contributed by atoms with van der Waals surface area (Å²) in [5.41, 5.74) is 6.03. The van der Waals surface area contributed by atoms with Gasteiger partial charge in [0.2, 0.25) is 5.91 Å². The summed E-state index contributed by atoms with van der Waals surface area (Å²) in [6.45, 7) is 1.78. The number of rotatable bonds is 6. The lowest BCUT2D eigenvalue weighted by molar-refractivity contribution is -0.115. The Morgan fingerprint density at radius 1 is 1.35 bits per heavy atom. The normalized spacial score (nSPS) is 10.7. The maximum absolute atomic E-state index is 12.4. The summed E-state index contributed by atoms with van der Waals surface area (Å²) >= 11 is 4.00. The van der Waals surface area contributed by atoms with E-state index in [1.165, 1.54) is 40.5 Å². The molecule has 0 atom stereocenters. The lowest BCUT2D eigenvalue weighted by atomic mass is 10.2. The Bertz CT molecular complexity index is 1010. The van der Waals surface area contributed by atoms with Crippen molar-refractivity contribution in [3.63, 3.8) is 0 Å². The smallest absolute Gasteiger partial charge is 0.263 e. The van der Waals surface area contributed by atoms with Crippen molar-refractivity contribution in [3.05, 3.63) is 51.3 Å². The van der Waals surface area contributed by atoms with Gasteiger partial charge in [0.1, 0.15) is 5.56 Å². The van der Waals surface area contributed by atoms with E-state index < -0.39 is 17.4 Å². The highest BCUT2D eigenvalue weighted by molar-refractivity contribution is 8.01. The van der Waals surface area contributed by atoms with Crippen LogP contribution in [0.25, 0.3) is 10.6 Å². The van der Waals surface area contributed by atoms with E-state index in [0.29, 0.717) is 16.5 Å². The Morgan fingerprint density at radius 3 is 2.81 bits per heavy atom. The number of thiazole rings is 1. The van der Waals surface area contributed by atoms with E-state index in [1.807, 2.05) is 17.5 Å². The summed E-state index contributed by atoms with van der Waals surface area (Å²) in [6.07, 6.45) is 0. The second kappa shape index (κ2) is 7.85. The zero-order chi connectivity index (χ0) is 18.7. The first-order valence-electron chi connectivity index (χ1n) is 7.41. The Morgan fingerprint density at radius 2 is 2.15 bits per heavy atom. The first kappa shape index (κ1) is 18.4. The molecule has 3 aromatic rings. The zero-order valence-corrected chi connectivity index (χ0v) is 16.0. The number of nitrogens with two attached hydrogens (primary N) is 1. The second-order valence-corrected chi connectivity index (χ2v) is 8.38. The molecule has 0 aliphatic heterocycles. The average Bonchev–Trinajstić information content (AvgIpc) is 3.22. The monoisotopic (exact) mass is 406 g/mol. The Labute approximate surface area is 160 Å². The van der Waals surface area contributed by atoms with Crippen LogP contribution in [0.15, 0.2) is 38.6 Å². The van der Waals surface area contributed by atoms with Gasteiger partial charge in [-0.25, -0.2) is 4.98 Å². The number of primary amides is 1. The van der Waals surface area contributed by atoms with Crippen LogP contribution in [0.2, 0.25) is 0 Å². The molecule has 0 unspecified atom stereocenters. The number of anilines is 1. The van der Waals surface area contributed by atoms with Crippen molar-refractivity contribution in [2.24, 2.45) is 5.73 Å². The molecule has 0 aliphatic carbocycles. The Kier molecular flexibility index (Phi) is 5.55. The Balaban J connectivity index is 1.75. The third kappa shape index (κ3) is 4.21. The molecule has 3 aromatic heterocycles. The third-order valence-electron chi connectivity index (χ3n) is 3.26. The van der Waals surface area contributed by atoms with Gasteiger partial charge in [-0.2, -0.15) is 0 Å². The van der Waals surface area contributed by atoms with Gasteiger partial charge in [0.25, 0.3) is 11.5 Å². The predicted molar refractivity (Wildman–Crippen MR) is 105 cm³/mol. The maximum Gasteiger partial charge on any atom is 0.263 e. The molecule has 3 rings (SSSR count).